The monoisotopic (exact) mass is 574 g/mol. The van der Waals surface area contributed by atoms with E-state index in [0.717, 1.165) is 24.8 Å². The van der Waals surface area contributed by atoms with Gasteiger partial charge in [-0.2, -0.15) is 0 Å². The molecule has 0 bridgehead atoms. The quantitative estimate of drug-likeness (QED) is 0.227. The summed E-state index contributed by atoms with van der Waals surface area (Å²) < 4.78 is 52.4. The first-order valence-electron chi connectivity index (χ1n) is 14.7. The lowest BCUT2D eigenvalue weighted by Crippen LogP contribution is -2.30. The first-order chi connectivity index (χ1) is 19.1. The van der Waals surface area contributed by atoms with Gasteiger partial charge in [-0.1, -0.05) is 57.9 Å². The summed E-state index contributed by atoms with van der Waals surface area (Å²) in [7, 11) is -4.04. The van der Waals surface area contributed by atoms with Gasteiger partial charge in [-0.25, -0.2) is 0 Å². The van der Waals surface area contributed by atoms with Gasteiger partial charge < -0.3 is 37.8 Å². The van der Waals surface area contributed by atoms with Gasteiger partial charge in [0.2, 0.25) is 0 Å². The fourth-order valence-corrected chi connectivity index (χ4v) is 5.48. The van der Waals surface area contributed by atoms with E-state index in [0.29, 0.717) is 65.2 Å². The molecule has 1 aromatic rings. The fraction of sp³-hybridized carbons (Fsp3) is 0.793. The molecule has 9 nitrogen and oxygen atoms in total. The zero-order valence-corrected chi connectivity index (χ0v) is 25.0. The largest absolute Gasteiger partial charge is 0.490 e. The number of benzene rings is 1. The second kappa shape index (κ2) is 21.7. The molecular formula is C29H51O9P. The van der Waals surface area contributed by atoms with Gasteiger partial charge in [0.1, 0.15) is 23.8 Å². The molecule has 226 valence electrons. The molecule has 1 N–H and O–H groups in total. The number of aryl methyl sites for hydroxylation is 1. The normalized spacial score (nSPS) is 20.0. The van der Waals surface area contributed by atoms with Crippen molar-refractivity contribution in [2.24, 2.45) is 0 Å². The molecular weight excluding hydrogens is 523 g/mol. The van der Waals surface area contributed by atoms with E-state index in [2.05, 4.69) is 6.92 Å². The predicted molar refractivity (Wildman–Crippen MR) is 152 cm³/mol. The van der Waals surface area contributed by atoms with Crippen molar-refractivity contribution in [3.8, 4) is 5.75 Å². The van der Waals surface area contributed by atoms with Crippen molar-refractivity contribution in [3.63, 3.8) is 0 Å². The molecule has 39 heavy (non-hydrogen) atoms. The van der Waals surface area contributed by atoms with Crippen molar-refractivity contribution in [1.82, 2.24) is 0 Å². The van der Waals surface area contributed by atoms with E-state index < -0.39 is 7.60 Å². The van der Waals surface area contributed by atoms with Crippen molar-refractivity contribution < 1.29 is 42.4 Å². The van der Waals surface area contributed by atoms with Gasteiger partial charge in [0, 0.05) is 0 Å². The van der Waals surface area contributed by atoms with E-state index in [1.54, 1.807) is 19.1 Å². The first kappa shape index (κ1) is 34.2. The summed E-state index contributed by atoms with van der Waals surface area (Å²) in [6.45, 7) is 8.20. The van der Waals surface area contributed by atoms with Crippen LogP contribution in [0.25, 0.3) is 0 Å². The van der Waals surface area contributed by atoms with Crippen LogP contribution in [0.5, 0.6) is 5.75 Å². The van der Waals surface area contributed by atoms with Crippen molar-refractivity contribution in [1.29, 1.82) is 0 Å². The maximum Gasteiger partial charge on any atom is 0.362 e. The van der Waals surface area contributed by atoms with E-state index in [4.69, 9.17) is 32.9 Å². The molecule has 1 aromatic carbocycles. The highest BCUT2D eigenvalue weighted by atomic mass is 31.2. The smallest absolute Gasteiger partial charge is 0.362 e. The van der Waals surface area contributed by atoms with Crippen LogP contribution in [0.4, 0.5) is 0 Å². The van der Waals surface area contributed by atoms with E-state index in [1.807, 2.05) is 6.07 Å². The van der Waals surface area contributed by atoms with Crippen LogP contribution in [0, 0.1) is 0 Å². The van der Waals surface area contributed by atoms with Crippen molar-refractivity contribution in [2.45, 2.75) is 77.7 Å². The first-order valence-corrected chi connectivity index (χ1v) is 16.3. The van der Waals surface area contributed by atoms with E-state index in [9.17, 15) is 9.46 Å². The zero-order chi connectivity index (χ0) is 28.0. The molecule has 0 spiro atoms. The highest BCUT2D eigenvalue weighted by molar-refractivity contribution is 7.61. The van der Waals surface area contributed by atoms with Gasteiger partial charge >= 0.3 is 7.60 Å². The number of rotatable bonds is 15. The Labute approximate surface area is 235 Å². The molecule has 0 saturated carbocycles. The topological polar surface area (TPSA) is 102 Å². The Hall–Kier alpha value is -1.03. The Kier molecular flexibility index (Phi) is 19.0. The lowest BCUT2D eigenvalue weighted by molar-refractivity contribution is -0.0605. The molecule has 2 rings (SSSR count). The maximum absolute atomic E-state index is 13.0. The Balaban J connectivity index is 1.95. The summed E-state index contributed by atoms with van der Waals surface area (Å²) in [5, 5.41) is 0.191. The van der Waals surface area contributed by atoms with Gasteiger partial charge in [-0.05, 0) is 37.5 Å². The summed E-state index contributed by atoms with van der Waals surface area (Å²) in [6, 6.07) is 5.49. The standard InChI is InChI=1S/C29H51O9P/c1-3-5-6-7-8-9-10-11-12-26-13-14-28(29(23-26)39(30,31)38-4-2)37-25-27-24-35-20-19-33-16-15-32-17-18-34-21-22-36-27/h13-14,23,27H,3-12,15-22,24-25H2,1-2H3,(H,30,31). The van der Waals surface area contributed by atoms with Crippen LogP contribution in [-0.2, 0) is 39.2 Å². The van der Waals surface area contributed by atoms with E-state index >= 15 is 0 Å². The highest BCUT2D eigenvalue weighted by Crippen LogP contribution is 2.44. The summed E-state index contributed by atoms with van der Waals surface area (Å²) >= 11 is 0. The average molecular weight is 575 g/mol. The number of unbranched alkanes of at least 4 members (excludes halogenated alkanes) is 7. The second-order valence-electron chi connectivity index (χ2n) is 9.68. The van der Waals surface area contributed by atoms with Gasteiger partial charge in [0.05, 0.1) is 66.1 Å². The molecule has 10 heteroatoms. The van der Waals surface area contributed by atoms with Crippen LogP contribution >= 0.6 is 7.60 Å². The molecule has 0 aromatic heterocycles. The summed E-state index contributed by atoms with van der Waals surface area (Å²) in [6.07, 6.45) is 10.4. The summed E-state index contributed by atoms with van der Waals surface area (Å²) in [5.74, 6) is 0.324. The van der Waals surface area contributed by atoms with E-state index in [-0.39, 0.29) is 24.6 Å². The molecule has 2 unspecified atom stereocenters. The van der Waals surface area contributed by atoms with Gasteiger partial charge in [0.15, 0.2) is 0 Å². The SMILES string of the molecule is CCCCCCCCCCc1ccc(OCC2COCCOCCOCCOCCO2)c(P(=O)(O)OCC)c1. The molecule has 1 saturated heterocycles. The minimum atomic E-state index is -4.04. The molecule has 1 fully saturated rings. The molecule has 0 aliphatic carbocycles. The molecule has 1 heterocycles. The van der Waals surface area contributed by atoms with Crippen LogP contribution < -0.4 is 10.0 Å². The number of hydrogen-bond donors (Lipinski definition) is 1. The Morgan fingerprint density at radius 1 is 0.821 bits per heavy atom. The van der Waals surface area contributed by atoms with Crippen LogP contribution in [0.15, 0.2) is 18.2 Å². The van der Waals surface area contributed by atoms with Crippen LogP contribution in [0.2, 0.25) is 0 Å². The van der Waals surface area contributed by atoms with Crippen molar-refractivity contribution >= 4 is 12.9 Å². The minimum Gasteiger partial charge on any atom is -0.490 e. The predicted octanol–water partition coefficient (Wildman–Crippen LogP) is 5.06. The highest BCUT2D eigenvalue weighted by Gasteiger charge is 2.28. The second-order valence-corrected chi connectivity index (χ2v) is 11.5. The lowest BCUT2D eigenvalue weighted by atomic mass is 10.0. The number of hydrogen-bond acceptors (Lipinski definition) is 8. The summed E-state index contributed by atoms with van der Waals surface area (Å²) in [5.41, 5.74) is 1.01. The van der Waals surface area contributed by atoms with Crippen molar-refractivity contribution in [2.75, 3.05) is 72.7 Å². The molecule has 2 atom stereocenters. The zero-order valence-electron chi connectivity index (χ0n) is 24.1. The summed E-state index contributed by atoms with van der Waals surface area (Å²) in [4.78, 5) is 10.7. The van der Waals surface area contributed by atoms with Crippen LogP contribution in [-0.4, -0.2) is 83.7 Å². The van der Waals surface area contributed by atoms with Crippen LogP contribution in [0.1, 0.15) is 70.8 Å². The van der Waals surface area contributed by atoms with Crippen LogP contribution in [0.3, 0.4) is 0 Å². The molecule has 0 radical (unpaired) electrons. The number of ether oxygens (including phenoxy) is 6. The minimum absolute atomic E-state index is 0.127. The third kappa shape index (κ3) is 15.5. The fourth-order valence-electron chi connectivity index (χ4n) is 4.24. The molecule has 0 amide bonds. The molecule has 1 aliphatic rings. The Bertz CT molecular complexity index is 776. The van der Waals surface area contributed by atoms with Crippen molar-refractivity contribution in [3.05, 3.63) is 23.8 Å². The van der Waals surface area contributed by atoms with Gasteiger partial charge in [0.25, 0.3) is 0 Å². The van der Waals surface area contributed by atoms with E-state index in [1.165, 1.54) is 38.5 Å². The third-order valence-corrected chi connectivity index (χ3v) is 7.94. The third-order valence-electron chi connectivity index (χ3n) is 6.38. The Morgan fingerprint density at radius 2 is 1.41 bits per heavy atom. The lowest BCUT2D eigenvalue weighted by Gasteiger charge is -2.21. The molecule has 1 aliphatic heterocycles. The van der Waals surface area contributed by atoms with Gasteiger partial charge in [-0.3, -0.25) is 4.57 Å². The average Bonchev–Trinajstić information content (AvgIpc) is 2.93. The maximum atomic E-state index is 13.0. The Morgan fingerprint density at radius 3 is 2.05 bits per heavy atom. The van der Waals surface area contributed by atoms with Gasteiger partial charge in [-0.15, -0.1) is 0 Å².